The number of amides is 1. The van der Waals surface area contributed by atoms with Crippen LogP contribution in [-0.2, 0) is 16.1 Å². The van der Waals surface area contributed by atoms with Gasteiger partial charge in [0, 0.05) is 18.0 Å². The standard InChI is InChI=1S/C17H21NO4/c19-16(12-5-3-6-13(10-12)17(20)21)18-8-9-22-15-7-2-1-4-14(15)11-18/h1-2,4,7,12-13H,3,5-6,8-11H2,(H,20,21)/t12-,13-/m0/s1. The number of benzene rings is 1. The van der Waals surface area contributed by atoms with E-state index in [4.69, 9.17) is 4.74 Å². The molecule has 0 bridgehead atoms. The lowest BCUT2D eigenvalue weighted by Crippen LogP contribution is -2.39. The van der Waals surface area contributed by atoms with Crippen molar-refractivity contribution in [3.63, 3.8) is 0 Å². The molecule has 0 spiro atoms. The second kappa shape index (κ2) is 6.38. The van der Waals surface area contributed by atoms with Crippen LogP contribution in [0, 0.1) is 11.8 Å². The first kappa shape index (κ1) is 14.9. The van der Waals surface area contributed by atoms with Gasteiger partial charge in [0.1, 0.15) is 12.4 Å². The van der Waals surface area contributed by atoms with Crippen molar-refractivity contribution >= 4 is 11.9 Å². The average molecular weight is 303 g/mol. The van der Waals surface area contributed by atoms with Crippen LogP contribution in [0.1, 0.15) is 31.2 Å². The van der Waals surface area contributed by atoms with E-state index in [9.17, 15) is 14.7 Å². The molecular weight excluding hydrogens is 282 g/mol. The van der Waals surface area contributed by atoms with Gasteiger partial charge in [-0.1, -0.05) is 24.6 Å². The van der Waals surface area contributed by atoms with Gasteiger partial charge in [0.05, 0.1) is 12.5 Å². The summed E-state index contributed by atoms with van der Waals surface area (Å²) in [5.74, 6) is -0.406. The molecule has 0 radical (unpaired) electrons. The number of hydrogen-bond acceptors (Lipinski definition) is 3. The number of rotatable bonds is 2. The maximum absolute atomic E-state index is 12.8. The Morgan fingerprint density at radius 2 is 1.95 bits per heavy atom. The molecule has 5 nitrogen and oxygen atoms in total. The molecule has 1 aromatic carbocycles. The Labute approximate surface area is 129 Å². The second-order valence-corrected chi connectivity index (χ2v) is 6.11. The quantitative estimate of drug-likeness (QED) is 0.910. The van der Waals surface area contributed by atoms with Gasteiger partial charge in [-0.3, -0.25) is 9.59 Å². The minimum atomic E-state index is -0.776. The van der Waals surface area contributed by atoms with Crippen molar-refractivity contribution in [3.05, 3.63) is 29.8 Å². The van der Waals surface area contributed by atoms with Crippen LogP contribution in [-0.4, -0.2) is 35.0 Å². The molecule has 3 rings (SSSR count). The second-order valence-electron chi connectivity index (χ2n) is 6.11. The van der Waals surface area contributed by atoms with E-state index in [0.717, 1.165) is 24.2 Å². The Hall–Kier alpha value is -2.04. The number of carbonyl (C=O) groups excluding carboxylic acids is 1. The Kier molecular flexibility index (Phi) is 4.32. The van der Waals surface area contributed by atoms with Gasteiger partial charge >= 0.3 is 5.97 Å². The van der Waals surface area contributed by atoms with E-state index >= 15 is 0 Å². The molecule has 2 aliphatic rings. The minimum Gasteiger partial charge on any atom is -0.491 e. The minimum absolute atomic E-state index is 0.0752. The Bertz CT molecular complexity index is 572. The van der Waals surface area contributed by atoms with Gasteiger partial charge in [0.25, 0.3) is 0 Å². The van der Waals surface area contributed by atoms with Crippen molar-refractivity contribution < 1.29 is 19.4 Å². The molecule has 0 unspecified atom stereocenters. The summed E-state index contributed by atoms with van der Waals surface area (Å²) in [6.45, 7) is 1.59. The third-order valence-electron chi connectivity index (χ3n) is 4.64. The van der Waals surface area contributed by atoms with Gasteiger partial charge < -0.3 is 14.7 Å². The maximum Gasteiger partial charge on any atom is 0.306 e. The highest BCUT2D eigenvalue weighted by atomic mass is 16.5. The fourth-order valence-corrected chi connectivity index (χ4v) is 3.41. The first-order valence-electron chi connectivity index (χ1n) is 7.87. The Morgan fingerprint density at radius 3 is 2.77 bits per heavy atom. The molecule has 1 aliphatic heterocycles. The smallest absolute Gasteiger partial charge is 0.306 e. The van der Waals surface area contributed by atoms with E-state index in [1.54, 1.807) is 0 Å². The molecule has 2 atom stereocenters. The van der Waals surface area contributed by atoms with Crippen LogP contribution in [0.3, 0.4) is 0 Å². The van der Waals surface area contributed by atoms with Crippen molar-refractivity contribution in [1.29, 1.82) is 0 Å². The molecule has 1 heterocycles. The third-order valence-corrected chi connectivity index (χ3v) is 4.64. The summed E-state index contributed by atoms with van der Waals surface area (Å²) in [5, 5.41) is 9.18. The summed E-state index contributed by atoms with van der Waals surface area (Å²) in [5.41, 5.74) is 1.01. The summed E-state index contributed by atoms with van der Waals surface area (Å²) in [7, 11) is 0. The summed E-state index contributed by atoms with van der Waals surface area (Å²) < 4.78 is 5.69. The Morgan fingerprint density at radius 1 is 1.18 bits per heavy atom. The number of carboxylic acid groups (broad SMARTS) is 1. The number of nitrogens with zero attached hydrogens (tertiary/aromatic N) is 1. The van der Waals surface area contributed by atoms with Crippen LogP contribution in [0.25, 0.3) is 0 Å². The molecule has 0 aromatic heterocycles. The lowest BCUT2D eigenvalue weighted by atomic mass is 9.80. The summed E-state index contributed by atoms with van der Waals surface area (Å²) in [6, 6.07) is 7.76. The largest absolute Gasteiger partial charge is 0.491 e. The summed E-state index contributed by atoms with van der Waals surface area (Å²) >= 11 is 0. The first-order chi connectivity index (χ1) is 10.6. The zero-order valence-electron chi connectivity index (χ0n) is 12.5. The molecule has 1 fully saturated rings. The molecule has 5 heteroatoms. The number of carbonyl (C=O) groups is 2. The fraction of sp³-hybridized carbons (Fsp3) is 0.529. The SMILES string of the molecule is O=C(O)[C@H]1CCC[C@H](C(=O)N2CCOc3ccccc3C2)C1. The normalized spacial score (nSPS) is 24.8. The maximum atomic E-state index is 12.8. The van der Waals surface area contributed by atoms with Crippen LogP contribution < -0.4 is 4.74 Å². The molecule has 118 valence electrons. The number of ether oxygens (including phenoxy) is 1. The monoisotopic (exact) mass is 303 g/mol. The predicted molar refractivity (Wildman–Crippen MR) is 80.4 cm³/mol. The summed E-state index contributed by atoms with van der Waals surface area (Å²) in [6.07, 6.45) is 2.76. The van der Waals surface area contributed by atoms with E-state index in [2.05, 4.69) is 0 Å². The third kappa shape index (κ3) is 3.08. The fourth-order valence-electron chi connectivity index (χ4n) is 3.41. The summed E-state index contributed by atoms with van der Waals surface area (Å²) in [4.78, 5) is 25.8. The van der Waals surface area contributed by atoms with Gasteiger partial charge in [0.15, 0.2) is 0 Å². The average Bonchev–Trinajstić information content (AvgIpc) is 2.76. The topological polar surface area (TPSA) is 66.8 Å². The number of aliphatic carboxylic acids is 1. The number of fused-ring (bicyclic) bond motifs is 1. The number of hydrogen-bond donors (Lipinski definition) is 1. The molecule has 22 heavy (non-hydrogen) atoms. The van der Waals surface area contributed by atoms with E-state index in [1.165, 1.54) is 0 Å². The molecule has 0 saturated heterocycles. The van der Waals surface area contributed by atoms with Gasteiger partial charge in [-0.05, 0) is 25.3 Å². The van der Waals surface area contributed by atoms with Crippen LogP contribution >= 0.6 is 0 Å². The van der Waals surface area contributed by atoms with Gasteiger partial charge in [-0.25, -0.2) is 0 Å². The zero-order valence-corrected chi connectivity index (χ0v) is 12.5. The highest BCUT2D eigenvalue weighted by Crippen LogP contribution is 2.32. The highest BCUT2D eigenvalue weighted by molar-refractivity contribution is 5.80. The van der Waals surface area contributed by atoms with Crippen molar-refractivity contribution in [3.8, 4) is 5.75 Å². The van der Waals surface area contributed by atoms with Crippen molar-refractivity contribution in [2.24, 2.45) is 11.8 Å². The van der Waals surface area contributed by atoms with Gasteiger partial charge in [-0.2, -0.15) is 0 Å². The van der Waals surface area contributed by atoms with E-state index in [-0.39, 0.29) is 17.7 Å². The molecule has 1 aliphatic carbocycles. The molecule has 1 saturated carbocycles. The van der Waals surface area contributed by atoms with Crippen molar-refractivity contribution in [1.82, 2.24) is 4.90 Å². The van der Waals surface area contributed by atoms with Crippen LogP contribution in [0.5, 0.6) is 5.75 Å². The highest BCUT2D eigenvalue weighted by Gasteiger charge is 2.33. The van der Waals surface area contributed by atoms with E-state index < -0.39 is 5.97 Å². The van der Waals surface area contributed by atoms with Crippen molar-refractivity contribution in [2.45, 2.75) is 32.2 Å². The van der Waals surface area contributed by atoms with Gasteiger partial charge in [0.2, 0.25) is 5.91 Å². The van der Waals surface area contributed by atoms with Crippen LogP contribution in [0.4, 0.5) is 0 Å². The van der Waals surface area contributed by atoms with E-state index in [0.29, 0.717) is 32.5 Å². The van der Waals surface area contributed by atoms with Crippen molar-refractivity contribution in [2.75, 3.05) is 13.2 Å². The van der Waals surface area contributed by atoms with Crippen LogP contribution in [0.15, 0.2) is 24.3 Å². The Balaban J connectivity index is 1.71. The lowest BCUT2D eigenvalue weighted by Gasteiger charge is -2.30. The first-order valence-corrected chi connectivity index (χ1v) is 7.87. The molecule has 1 aromatic rings. The number of para-hydroxylation sites is 1. The van der Waals surface area contributed by atoms with E-state index in [1.807, 2.05) is 29.2 Å². The zero-order chi connectivity index (χ0) is 15.5. The predicted octanol–water partition coefficient (Wildman–Crippen LogP) is 2.30. The molecule has 1 N–H and O–H groups in total. The van der Waals surface area contributed by atoms with Gasteiger partial charge in [-0.15, -0.1) is 0 Å². The molecule has 1 amide bonds. The van der Waals surface area contributed by atoms with Crippen LogP contribution in [0.2, 0.25) is 0 Å². The molecular formula is C17H21NO4. The lowest BCUT2D eigenvalue weighted by molar-refractivity contribution is -0.145. The number of carboxylic acids is 1.